The molecule has 25 heavy (non-hydrogen) atoms. The van der Waals surface area contributed by atoms with Crippen LogP contribution < -0.4 is 10.6 Å². The quantitative estimate of drug-likeness (QED) is 0.717. The number of hydrogen-bond acceptors (Lipinski definition) is 5. The summed E-state index contributed by atoms with van der Waals surface area (Å²) in [4.78, 5) is 0. The monoisotopic (exact) mass is 366 g/mol. The van der Waals surface area contributed by atoms with E-state index in [1.807, 2.05) is 6.07 Å². The molecule has 1 aromatic rings. The van der Waals surface area contributed by atoms with Gasteiger partial charge in [0, 0.05) is 31.9 Å². The third-order valence-electron chi connectivity index (χ3n) is 5.79. The van der Waals surface area contributed by atoms with Crippen molar-refractivity contribution in [3.05, 3.63) is 17.3 Å². The van der Waals surface area contributed by atoms with Gasteiger partial charge in [-0.3, -0.25) is 0 Å². The Kier molecular flexibility index (Phi) is 6.91. The van der Waals surface area contributed by atoms with E-state index in [0.29, 0.717) is 16.5 Å². The molecule has 1 aliphatic carbocycles. The van der Waals surface area contributed by atoms with Gasteiger partial charge in [-0.05, 0) is 62.8 Å². The Labute approximate surface area is 156 Å². The smallest absolute Gasteiger partial charge is 0.150 e. The summed E-state index contributed by atoms with van der Waals surface area (Å²) in [5.41, 5.74) is 0.411. The molecule has 0 unspecified atom stereocenters. The minimum absolute atomic E-state index is 0.411. The van der Waals surface area contributed by atoms with Gasteiger partial charge >= 0.3 is 0 Å². The Morgan fingerprint density at radius 3 is 2.72 bits per heavy atom. The fraction of sp³-hybridized carbons (Fsp3) is 0.789. The highest BCUT2D eigenvalue weighted by Crippen LogP contribution is 2.36. The molecule has 0 spiro atoms. The van der Waals surface area contributed by atoms with E-state index >= 15 is 0 Å². The number of rotatable bonds is 7. The van der Waals surface area contributed by atoms with Crippen LogP contribution in [0, 0.1) is 11.3 Å². The van der Waals surface area contributed by atoms with E-state index in [1.54, 1.807) is 6.20 Å². The summed E-state index contributed by atoms with van der Waals surface area (Å²) in [6.45, 7) is 6.59. The van der Waals surface area contributed by atoms with Crippen molar-refractivity contribution in [2.75, 3.05) is 31.6 Å². The van der Waals surface area contributed by atoms with Crippen molar-refractivity contribution in [2.24, 2.45) is 11.3 Å². The second-order valence-electron chi connectivity index (χ2n) is 8.01. The van der Waals surface area contributed by atoms with E-state index in [9.17, 15) is 0 Å². The molecule has 2 aliphatic rings. The predicted octanol–water partition coefficient (Wildman–Crippen LogP) is 3.90. The van der Waals surface area contributed by atoms with Crippen molar-refractivity contribution in [1.29, 1.82) is 0 Å². The maximum absolute atomic E-state index is 5.98. The number of anilines is 1. The van der Waals surface area contributed by atoms with Crippen molar-refractivity contribution in [2.45, 2.75) is 57.9 Å². The lowest BCUT2D eigenvalue weighted by molar-refractivity contribution is 0.0635. The molecule has 2 fully saturated rings. The van der Waals surface area contributed by atoms with E-state index in [-0.39, 0.29) is 0 Å². The highest BCUT2D eigenvalue weighted by atomic mass is 35.5. The van der Waals surface area contributed by atoms with Gasteiger partial charge in [0.2, 0.25) is 0 Å². The first-order valence-corrected chi connectivity index (χ1v) is 10.0. The summed E-state index contributed by atoms with van der Waals surface area (Å²) in [6.07, 6.45) is 10.1. The molecule has 0 bridgehead atoms. The molecule has 0 amide bonds. The van der Waals surface area contributed by atoms with Crippen molar-refractivity contribution in [1.82, 2.24) is 15.5 Å². The molecule has 1 aliphatic heterocycles. The van der Waals surface area contributed by atoms with Gasteiger partial charge in [-0.2, -0.15) is 5.10 Å². The Morgan fingerprint density at radius 2 is 2.00 bits per heavy atom. The lowest BCUT2D eigenvalue weighted by Gasteiger charge is -2.38. The summed E-state index contributed by atoms with van der Waals surface area (Å²) in [5.74, 6) is 1.64. The van der Waals surface area contributed by atoms with Crippen LogP contribution in [0.15, 0.2) is 12.3 Å². The van der Waals surface area contributed by atoms with Crippen molar-refractivity contribution in [3.63, 3.8) is 0 Å². The zero-order valence-corrected chi connectivity index (χ0v) is 16.0. The van der Waals surface area contributed by atoms with Gasteiger partial charge < -0.3 is 15.4 Å². The van der Waals surface area contributed by atoms with Gasteiger partial charge in [0.25, 0.3) is 0 Å². The fourth-order valence-corrected chi connectivity index (χ4v) is 4.14. The van der Waals surface area contributed by atoms with Crippen molar-refractivity contribution < 1.29 is 4.74 Å². The van der Waals surface area contributed by atoms with Crippen LogP contribution in [0.2, 0.25) is 5.02 Å². The molecule has 1 aromatic heterocycles. The Balaban J connectivity index is 1.34. The lowest BCUT2D eigenvalue weighted by atomic mass is 9.74. The van der Waals surface area contributed by atoms with Crippen molar-refractivity contribution >= 4 is 17.4 Å². The minimum atomic E-state index is 0.411. The van der Waals surface area contributed by atoms with Gasteiger partial charge in [-0.15, -0.1) is 5.10 Å². The minimum Gasteiger partial charge on any atom is -0.381 e. The van der Waals surface area contributed by atoms with Crippen LogP contribution in [0.25, 0.3) is 0 Å². The summed E-state index contributed by atoms with van der Waals surface area (Å²) < 4.78 is 5.43. The van der Waals surface area contributed by atoms with Crippen molar-refractivity contribution in [3.8, 4) is 0 Å². The lowest BCUT2D eigenvalue weighted by Crippen LogP contribution is -2.39. The molecular formula is C19H31ClN4O. The van der Waals surface area contributed by atoms with E-state index in [2.05, 4.69) is 27.8 Å². The van der Waals surface area contributed by atoms with Gasteiger partial charge in [0.15, 0.2) is 0 Å². The SMILES string of the molecule is CC1(CNCCC2CCOCC2)CCC(Nc2cc(Cl)cnn2)CC1. The molecule has 5 nitrogen and oxygen atoms in total. The second kappa shape index (κ2) is 9.15. The van der Waals surface area contributed by atoms with Gasteiger partial charge in [-0.25, -0.2) is 0 Å². The third-order valence-corrected chi connectivity index (χ3v) is 5.99. The highest BCUT2D eigenvalue weighted by Gasteiger charge is 2.31. The highest BCUT2D eigenvalue weighted by molar-refractivity contribution is 6.30. The van der Waals surface area contributed by atoms with E-state index < -0.39 is 0 Å². The molecule has 140 valence electrons. The molecule has 2 N–H and O–H groups in total. The zero-order chi connectivity index (χ0) is 17.5. The van der Waals surface area contributed by atoms with Crippen LogP contribution in [0.3, 0.4) is 0 Å². The maximum Gasteiger partial charge on any atom is 0.150 e. The molecular weight excluding hydrogens is 336 g/mol. The van der Waals surface area contributed by atoms with E-state index in [4.69, 9.17) is 16.3 Å². The Bertz CT molecular complexity index is 528. The molecule has 0 radical (unpaired) electrons. The molecule has 0 aromatic carbocycles. The number of nitrogens with zero attached hydrogens (tertiary/aromatic N) is 2. The second-order valence-corrected chi connectivity index (χ2v) is 8.45. The Morgan fingerprint density at radius 1 is 1.24 bits per heavy atom. The first-order chi connectivity index (χ1) is 12.1. The number of halogens is 1. The number of ether oxygens (including phenoxy) is 1. The van der Waals surface area contributed by atoms with Crippen LogP contribution in [-0.2, 0) is 4.74 Å². The summed E-state index contributed by atoms with van der Waals surface area (Å²) in [6, 6.07) is 2.32. The molecule has 6 heteroatoms. The summed E-state index contributed by atoms with van der Waals surface area (Å²) in [5, 5.41) is 15.8. The zero-order valence-electron chi connectivity index (χ0n) is 15.3. The topological polar surface area (TPSA) is 59.1 Å². The number of nitrogens with one attached hydrogen (secondary N) is 2. The number of aromatic nitrogens is 2. The Hall–Kier alpha value is -0.910. The molecule has 1 saturated heterocycles. The van der Waals surface area contributed by atoms with E-state index in [0.717, 1.165) is 38.0 Å². The van der Waals surface area contributed by atoms with Gasteiger partial charge in [0.05, 0.1) is 11.2 Å². The van der Waals surface area contributed by atoms with E-state index in [1.165, 1.54) is 44.9 Å². The fourth-order valence-electron chi connectivity index (χ4n) is 3.99. The standard InChI is InChI=1S/C19H31ClN4O/c1-19(14-21-9-4-15-5-10-25-11-6-15)7-2-17(3-8-19)23-18-12-16(20)13-22-24-18/h12-13,15,17,21H,2-11,14H2,1H3,(H,23,24). The summed E-state index contributed by atoms with van der Waals surface area (Å²) >= 11 is 5.98. The molecule has 3 rings (SSSR count). The average Bonchev–Trinajstić information content (AvgIpc) is 2.62. The molecule has 1 saturated carbocycles. The molecule has 0 atom stereocenters. The maximum atomic E-state index is 5.98. The largest absolute Gasteiger partial charge is 0.381 e. The van der Waals surface area contributed by atoms with Crippen LogP contribution in [0.4, 0.5) is 5.82 Å². The normalized spacial score (nSPS) is 28.0. The molecule has 2 heterocycles. The third kappa shape index (κ3) is 6.08. The first kappa shape index (κ1) is 18.9. The van der Waals surface area contributed by atoms with Crippen LogP contribution in [0.1, 0.15) is 51.9 Å². The first-order valence-electron chi connectivity index (χ1n) is 9.66. The van der Waals surface area contributed by atoms with Crippen LogP contribution in [0.5, 0.6) is 0 Å². The number of hydrogen-bond donors (Lipinski definition) is 2. The summed E-state index contributed by atoms with van der Waals surface area (Å²) in [7, 11) is 0. The van der Waals surface area contributed by atoms with Gasteiger partial charge in [0.1, 0.15) is 5.82 Å². The van der Waals surface area contributed by atoms with Crippen LogP contribution in [-0.4, -0.2) is 42.5 Å². The van der Waals surface area contributed by atoms with Crippen LogP contribution >= 0.6 is 11.6 Å². The average molecular weight is 367 g/mol. The predicted molar refractivity (Wildman–Crippen MR) is 102 cm³/mol. The van der Waals surface area contributed by atoms with Gasteiger partial charge in [-0.1, -0.05) is 18.5 Å².